The Kier molecular flexibility index (Phi) is 7.14. The van der Waals surface area contributed by atoms with Crippen molar-refractivity contribution < 1.29 is 0 Å². The summed E-state index contributed by atoms with van der Waals surface area (Å²) in [6.07, 6.45) is 5.49. The number of likely N-dealkylation sites (tertiary alicyclic amines) is 1. The SMILES string of the molecule is CC(C)CNCCCC(C)N1CCCC(C)C1. The van der Waals surface area contributed by atoms with E-state index in [0.717, 1.165) is 24.4 Å². The largest absolute Gasteiger partial charge is 0.316 e. The zero-order valence-corrected chi connectivity index (χ0v) is 12.3. The van der Waals surface area contributed by atoms with Crippen molar-refractivity contribution in [1.82, 2.24) is 10.2 Å². The normalized spacial score (nSPS) is 24.2. The summed E-state index contributed by atoms with van der Waals surface area (Å²) in [4.78, 5) is 2.69. The van der Waals surface area contributed by atoms with Gasteiger partial charge in [-0.15, -0.1) is 0 Å². The topological polar surface area (TPSA) is 15.3 Å². The van der Waals surface area contributed by atoms with Gasteiger partial charge in [-0.05, 0) is 64.1 Å². The van der Waals surface area contributed by atoms with Crippen LogP contribution in [0.3, 0.4) is 0 Å². The highest BCUT2D eigenvalue weighted by molar-refractivity contribution is 4.75. The summed E-state index contributed by atoms with van der Waals surface area (Å²) >= 11 is 0. The van der Waals surface area contributed by atoms with Crippen LogP contribution in [0.25, 0.3) is 0 Å². The van der Waals surface area contributed by atoms with Crippen LogP contribution < -0.4 is 5.32 Å². The molecule has 102 valence electrons. The fourth-order valence-electron chi connectivity index (χ4n) is 2.72. The lowest BCUT2D eigenvalue weighted by atomic mass is 9.98. The highest BCUT2D eigenvalue weighted by Gasteiger charge is 2.20. The predicted octanol–water partition coefficient (Wildman–Crippen LogP) is 3.13. The maximum absolute atomic E-state index is 3.53. The average Bonchev–Trinajstić information content (AvgIpc) is 2.28. The highest BCUT2D eigenvalue weighted by atomic mass is 15.2. The standard InChI is InChI=1S/C15H32N2/c1-13(2)11-16-9-5-8-15(4)17-10-6-7-14(3)12-17/h13-16H,5-12H2,1-4H3. The first-order valence-corrected chi connectivity index (χ1v) is 7.54. The summed E-state index contributed by atoms with van der Waals surface area (Å²) in [5, 5.41) is 3.53. The van der Waals surface area contributed by atoms with Crippen molar-refractivity contribution in [3.05, 3.63) is 0 Å². The second-order valence-electron chi connectivity index (χ2n) is 6.33. The molecular weight excluding hydrogens is 208 g/mol. The zero-order valence-electron chi connectivity index (χ0n) is 12.3. The highest BCUT2D eigenvalue weighted by Crippen LogP contribution is 2.19. The molecule has 2 atom stereocenters. The summed E-state index contributed by atoms with van der Waals surface area (Å²) in [6.45, 7) is 14.3. The third-order valence-corrected chi connectivity index (χ3v) is 3.84. The Labute approximate surface area is 108 Å². The van der Waals surface area contributed by atoms with E-state index in [0.29, 0.717) is 0 Å². The van der Waals surface area contributed by atoms with E-state index < -0.39 is 0 Å². The van der Waals surface area contributed by atoms with E-state index >= 15 is 0 Å². The van der Waals surface area contributed by atoms with Gasteiger partial charge in [-0.2, -0.15) is 0 Å². The van der Waals surface area contributed by atoms with Crippen molar-refractivity contribution in [3.8, 4) is 0 Å². The van der Waals surface area contributed by atoms with Crippen LogP contribution in [0.5, 0.6) is 0 Å². The maximum Gasteiger partial charge on any atom is 0.00675 e. The molecule has 0 radical (unpaired) electrons. The second-order valence-corrected chi connectivity index (χ2v) is 6.33. The number of nitrogens with one attached hydrogen (secondary N) is 1. The first-order chi connectivity index (χ1) is 8.09. The van der Waals surface area contributed by atoms with Gasteiger partial charge in [0.05, 0.1) is 0 Å². The number of nitrogens with zero attached hydrogens (tertiary/aromatic N) is 1. The molecule has 1 N–H and O–H groups in total. The van der Waals surface area contributed by atoms with Crippen LogP contribution in [-0.2, 0) is 0 Å². The van der Waals surface area contributed by atoms with Crippen molar-refractivity contribution in [3.63, 3.8) is 0 Å². The fourth-order valence-corrected chi connectivity index (χ4v) is 2.72. The maximum atomic E-state index is 3.53. The van der Waals surface area contributed by atoms with Gasteiger partial charge in [-0.3, -0.25) is 0 Å². The van der Waals surface area contributed by atoms with Gasteiger partial charge < -0.3 is 10.2 Å². The van der Waals surface area contributed by atoms with Crippen molar-refractivity contribution >= 4 is 0 Å². The Morgan fingerprint density at radius 1 is 1.29 bits per heavy atom. The molecule has 2 unspecified atom stereocenters. The molecule has 0 saturated carbocycles. The minimum absolute atomic E-state index is 0.773. The zero-order chi connectivity index (χ0) is 12.7. The average molecular weight is 240 g/mol. The number of hydrogen-bond donors (Lipinski definition) is 1. The Hall–Kier alpha value is -0.0800. The summed E-state index contributed by atoms with van der Waals surface area (Å²) in [5.74, 6) is 1.68. The monoisotopic (exact) mass is 240 g/mol. The van der Waals surface area contributed by atoms with Gasteiger partial charge in [0.15, 0.2) is 0 Å². The van der Waals surface area contributed by atoms with Crippen molar-refractivity contribution in [1.29, 1.82) is 0 Å². The number of hydrogen-bond acceptors (Lipinski definition) is 2. The molecule has 0 amide bonds. The van der Waals surface area contributed by atoms with E-state index in [2.05, 4.69) is 37.9 Å². The Morgan fingerprint density at radius 2 is 2.06 bits per heavy atom. The van der Waals surface area contributed by atoms with E-state index in [1.807, 2.05) is 0 Å². The van der Waals surface area contributed by atoms with Gasteiger partial charge in [0.2, 0.25) is 0 Å². The molecule has 0 aromatic carbocycles. The van der Waals surface area contributed by atoms with Crippen molar-refractivity contribution in [2.75, 3.05) is 26.2 Å². The lowest BCUT2D eigenvalue weighted by molar-refractivity contribution is 0.131. The van der Waals surface area contributed by atoms with Gasteiger partial charge in [-0.1, -0.05) is 20.8 Å². The predicted molar refractivity (Wildman–Crippen MR) is 76.4 cm³/mol. The van der Waals surface area contributed by atoms with Crippen LogP contribution in [0.2, 0.25) is 0 Å². The quantitative estimate of drug-likeness (QED) is 0.688. The lowest BCUT2D eigenvalue weighted by Gasteiger charge is -2.35. The molecule has 1 heterocycles. The summed E-state index contributed by atoms with van der Waals surface area (Å²) in [5.41, 5.74) is 0. The first-order valence-electron chi connectivity index (χ1n) is 7.54. The second kappa shape index (κ2) is 8.10. The van der Waals surface area contributed by atoms with Crippen LogP contribution in [0.4, 0.5) is 0 Å². The molecule has 1 saturated heterocycles. The van der Waals surface area contributed by atoms with Crippen LogP contribution in [0.15, 0.2) is 0 Å². The third kappa shape index (κ3) is 6.42. The van der Waals surface area contributed by atoms with Gasteiger partial charge in [-0.25, -0.2) is 0 Å². The van der Waals surface area contributed by atoms with E-state index in [1.54, 1.807) is 0 Å². The van der Waals surface area contributed by atoms with Crippen LogP contribution in [0.1, 0.15) is 53.4 Å². The van der Waals surface area contributed by atoms with E-state index in [1.165, 1.54) is 45.3 Å². The van der Waals surface area contributed by atoms with Gasteiger partial charge in [0.1, 0.15) is 0 Å². The number of piperidine rings is 1. The summed E-state index contributed by atoms with van der Waals surface area (Å²) < 4.78 is 0. The molecule has 0 bridgehead atoms. The molecule has 1 aliphatic rings. The summed E-state index contributed by atoms with van der Waals surface area (Å²) in [7, 11) is 0. The lowest BCUT2D eigenvalue weighted by Crippen LogP contribution is -2.40. The molecular formula is C15H32N2. The van der Waals surface area contributed by atoms with Gasteiger partial charge in [0.25, 0.3) is 0 Å². The Bertz CT molecular complexity index is 191. The van der Waals surface area contributed by atoms with E-state index in [9.17, 15) is 0 Å². The molecule has 1 aliphatic heterocycles. The smallest absolute Gasteiger partial charge is 0.00675 e. The minimum Gasteiger partial charge on any atom is -0.316 e. The minimum atomic E-state index is 0.773. The van der Waals surface area contributed by atoms with Gasteiger partial charge >= 0.3 is 0 Å². The van der Waals surface area contributed by atoms with Crippen molar-refractivity contribution in [2.45, 2.75) is 59.4 Å². The molecule has 0 aromatic rings. The Balaban J connectivity index is 2.05. The van der Waals surface area contributed by atoms with Crippen molar-refractivity contribution in [2.24, 2.45) is 11.8 Å². The molecule has 2 heteroatoms. The molecule has 0 spiro atoms. The van der Waals surface area contributed by atoms with E-state index in [4.69, 9.17) is 0 Å². The molecule has 17 heavy (non-hydrogen) atoms. The van der Waals surface area contributed by atoms with E-state index in [-0.39, 0.29) is 0 Å². The molecule has 0 aromatic heterocycles. The fraction of sp³-hybridized carbons (Fsp3) is 1.00. The third-order valence-electron chi connectivity index (χ3n) is 3.84. The van der Waals surface area contributed by atoms with Crippen LogP contribution in [0, 0.1) is 11.8 Å². The Morgan fingerprint density at radius 3 is 2.71 bits per heavy atom. The molecule has 1 fully saturated rings. The molecule has 2 nitrogen and oxygen atoms in total. The van der Waals surface area contributed by atoms with Crippen LogP contribution >= 0.6 is 0 Å². The van der Waals surface area contributed by atoms with Crippen LogP contribution in [-0.4, -0.2) is 37.1 Å². The number of rotatable bonds is 7. The van der Waals surface area contributed by atoms with Gasteiger partial charge in [0, 0.05) is 12.6 Å². The first kappa shape index (κ1) is 15.0. The molecule has 0 aliphatic carbocycles. The summed E-state index contributed by atoms with van der Waals surface area (Å²) in [6, 6.07) is 0.776. The molecule has 1 rings (SSSR count).